The predicted molar refractivity (Wildman–Crippen MR) is 530 cm³/mol. The number of anilines is 3. The number of para-hydroxylation sites is 3. The van der Waals surface area contributed by atoms with Gasteiger partial charge in [-0.2, -0.15) is 0 Å². The van der Waals surface area contributed by atoms with Gasteiger partial charge in [-0.05, 0) is 309 Å². The summed E-state index contributed by atoms with van der Waals surface area (Å²) in [5, 5.41) is 22.7. The fourth-order valence-electron chi connectivity index (χ4n) is 11.5. The van der Waals surface area contributed by atoms with E-state index in [4.69, 9.17) is 32.5 Å². The number of benzene rings is 9. The molecule has 16 rings (SSSR count). The molecule has 0 atom stereocenters. The molecule has 0 aromatic heterocycles. The van der Waals surface area contributed by atoms with Crippen molar-refractivity contribution in [1.29, 1.82) is 0 Å². The molecule has 51 heteroatoms. The number of aliphatic hydroxyl groups excluding tert-OH is 3. The van der Waals surface area contributed by atoms with Gasteiger partial charge in [0.15, 0.2) is 140 Å². The van der Waals surface area contributed by atoms with E-state index in [1.54, 1.807) is 35.5 Å². The minimum atomic E-state index is -1.35. The van der Waals surface area contributed by atoms with E-state index in [1.807, 2.05) is 0 Å². The largest absolute Gasteiger partial charge is 1.00 e. The summed E-state index contributed by atoms with van der Waals surface area (Å²) in [4.78, 5) is 12.6. The van der Waals surface area contributed by atoms with Gasteiger partial charge < -0.3 is 84.4 Å². The first-order valence-corrected chi connectivity index (χ1v) is 49.1. The lowest BCUT2D eigenvalue weighted by atomic mass is 10.0. The van der Waals surface area contributed by atoms with E-state index in [2.05, 4.69) is 69.3 Å². The maximum Gasteiger partial charge on any atom is 0.176 e. The standard InChI is InChI=1S/C36H51N9.6C6F4I2.3C2H6O.3ClH/c37-34-28-4-1-5-29(34)23-41-12-16-43(17-13-41)25-31-7-3-9-33(36(31)39)27-45-20-18-44(19-21-45)26-32-8-2-6-30(35(32)38)24-42-14-10-40(22-28)11-15-42;6*7-1-2(8)6(12)4(10)3(9)5(1)11;3*1-2-3;;;/h1-9H,10-27,37-39H2;;;;;;;3*3H,2H2,1H3;3*1H. The van der Waals surface area contributed by atoms with Crippen molar-refractivity contribution < 1.29 is 173 Å². The van der Waals surface area contributed by atoms with Crippen molar-refractivity contribution in [3.63, 3.8) is 0 Å². The van der Waals surface area contributed by atoms with Gasteiger partial charge >= 0.3 is 0 Å². The fraction of sp³-hybridized carbons (Fsp3) is 0.308. The van der Waals surface area contributed by atoms with Crippen LogP contribution in [-0.4, -0.2) is 128 Å². The molecule has 3 fully saturated rings. The van der Waals surface area contributed by atoms with Gasteiger partial charge in [-0.1, -0.05) is 54.6 Å². The molecule has 3 saturated heterocycles. The van der Waals surface area contributed by atoms with E-state index in [0.717, 1.165) is 135 Å². The lowest BCUT2D eigenvalue weighted by Crippen LogP contribution is -3.13. The zero-order valence-corrected chi connectivity index (χ0v) is 94.4. The predicted octanol–water partition coefficient (Wildman–Crippen LogP) is 10.2. The van der Waals surface area contributed by atoms with Crippen LogP contribution in [0.2, 0.25) is 0 Å². The average molecular weight is 3270 g/mol. The van der Waals surface area contributed by atoms with Crippen molar-refractivity contribution in [3.05, 3.63) is 270 Å². The van der Waals surface area contributed by atoms with Gasteiger partial charge in [0.25, 0.3) is 0 Å². The van der Waals surface area contributed by atoms with Crippen LogP contribution in [0.25, 0.3) is 0 Å². The quantitative estimate of drug-likeness (QED) is 0.0237. The molecule has 0 unspecified atom stereocenters. The Morgan fingerprint density at radius 1 is 0.233 bits per heavy atom. The third kappa shape index (κ3) is 35.3. The van der Waals surface area contributed by atoms with Gasteiger partial charge in [-0.25, -0.2) is 105 Å². The summed E-state index contributed by atoms with van der Waals surface area (Å²) in [7, 11) is 0. The van der Waals surface area contributed by atoms with Crippen molar-refractivity contribution in [3.8, 4) is 0 Å². The molecule has 129 heavy (non-hydrogen) atoms. The second-order valence-electron chi connectivity index (χ2n) is 26.3. The van der Waals surface area contributed by atoms with Crippen LogP contribution in [0.5, 0.6) is 0 Å². The first kappa shape index (κ1) is 127. The van der Waals surface area contributed by atoms with E-state index >= 15 is 0 Å². The molecule has 7 aliphatic rings. The monoisotopic (exact) mass is 3270 g/mol. The van der Waals surface area contributed by atoms with Crippen LogP contribution >= 0.6 is 271 Å². The van der Waals surface area contributed by atoms with Crippen LogP contribution < -0.4 is 69.1 Å². The number of hydrogen-bond acceptors (Lipinski definition) is 9. The summed E-state index contributed by atoms with van der Waals surface area (Å²) in [6.07, 6.45) is 0. The van der Waals surface area contributed by atoms with Gasteiger partial charge in [0.1, 0.15) is 19.6 Å². The topological polar surface area (TPSA) is 162 Å². The van der Waals surface area contributed by atoms with Crippen LogP contribution in [-0.2, 0) is 39.3 Å². The fourth-order valence-corrected chi connectivity index (χ4v) is 17.2. The van der Waals surface area contributed by atoms with Crippen molar-refractivity contribution >= 4 is 288 Å². The Balaban J connectivity index is 0.000000819. The molecular weight excluding hydrogens is 3200 g/mol. The Labute approximate surface area is 908 Å². The van der Waals surface area contributed by atoms with Gasteiger partial charge in [-0.3, -0.25) is 14.7 Å². The van der Waals surface area contributed by atoms with E-state index in [0.29, 0.717) is 0 Å². The van der Waals surface area contributed by atoms with Crippen molar-refractivity contribution in [2.45, 2.75) is 60.0 Å². The van der Waals surface area contributed by atoms with Gasteiger partial charge in [0.05, 0.1) is 82.1 Å². The Morgan fingerprint density at radius 2 is 0.333 bits per heavy atom. The molecule has 7 heterocycles. The molecule has 9 aromatic rings. The molecule has 0 saturated carbocycles. The van der Waals surface area contributed by atoms with E-state index < -0.39 is 182 Å². The zero-order chi connectivity index (χ0) is 95.7. The normalized spacial score (nSPS) is 16.5. The molecule has 0 aliphatic carbocycles. The highest BCUT2D eigenvalue weighted by molar-refractivity contribution is 14.1. The van der Waals surface area contributed by atoms with E-state index in [9.17, 15) is 105 Å². The SMILES string of the molecule is CCO.CCO.CCO.Fc1c(F)c(I)c(F)c(F)c1I.Fc1c(F)c(I)c(F)c(F)c1I.Fc1c(F)c(I)c(F)c(F)c1I.Fc1c(F)c(I)c(F)c(F)c1I.Fc1c(F)c(I)c(F)c(F)c1I.Fc1c(F)c(I)c(F)c(F)c1I.Nc1c2cccc1C[NH+]1CCN(CC1)Cc1cccc(c1N)C[NH+]1CCN(CC1)Cc1cccc(c1N)C[NH+]1CCN(CC1)C2.[Cl-].[Cl-].[Cl-]. The molecule has 0 spiro atoms. The van der Waals surface area contributed by atoms with Gasteiger partial charge in [0, 0.05) is 112 Å². The summed E-state index contributed by atoms with van der Waals surface area (Å²) in [5.74, 6) is -32.4. The molecule has 720 valence electrons. The van der Waals surface area contributed by atoms with E-state index in [-0.39, 0.29) is 57.0 Å². The van der Waals surface area contributed by atoms with Crippen molar-refractivity contribution in [2.75, 3.05) is 116 Å². The highest BCUT2D eigenvalue weighted by atomic mass is 127. The highest BCUT2D eigenvalue weighted by Crippen LogP contribution is 2.33. The van der Waals surface area contributed by atoms with Gasteiger partial charge in [-0.15, -0.1) is 0 Å². The van der Waals surface area contributed by atoms with Crippen molar-refractivity contribution in [1.82, 2.24) is 14.7 Å². The first-order chi connectivity index (χ1) is 59.0. The number of piperazine rings is 3. The zero-order valence-electron chi connectivity index (χ0n) is 66.2. The number of quaternary nitrogens is 3. The number of nitrogens with two attached hydrogens (primary N) is 3. The number of aliphatic hydroxyl groups is 3. The number of hydrogen-bond donors (Lipinski definition) is 9. The maximum atomic E-state index is 12.6. The third-order valence-electron chi connectivity index (χ3n) is 18.0. The molecule has 12 nitrogen and oxygen atoms in total. The van der Waals surface area contributed by atoms with Crippen LogP contribution in [0, 0.1) is 182 Å². The smallest absolute Gasteiger partial charge is 0.176 e. The van der Waals surface area contributed by atoms with E-state index in [1.165, 1.54) is 304 Å². The van der Waals surface area contributed by atoms with Crippen molar-refractivity contribution in [2.24, 2.45) is 0 Å². The second kappa shape index (κ2) is 61.6. The highest BCUT2D eigenvalue weighted by Gasteiger charge is 2.32. The number of halogens is 39. The van der Waals surface area contributed by atoms with Crippen LogP contribution in [0.1, 0.15) is 54.2 Å². The van der Waals surface area contributed by atoms with Crippen LogP contribution in [0.4, 0.5) is 122 Å². The lowest BCUT2D eigenvalue weighted by Gasteiger charge is -2.33. The number of nitrogens with one attached hydrogen (secondary N) is 3. The summed E-state index contributed by atoms with van der Waals surface area (Å²) in [6.45, 7) is 24.9. The summed E-state index contributed by atoms with van der Waals surface area (Å²) >= 11 is 14.4. The molecule has 9 aromatic carbocycles. The molecule has 12 bridgehead atoms. The van der Waals surface area contributed by atoms with Crippen LogP contribution in [0.3, 0.4) is 0 Å². The number of fused-ring (bicyclic) bond motifs is 3. The Morgan fingerprint density at radius 3 is 0.442 bits per heavy atom. The Hall–Kier alpha value is -0.0300. The lowest BCUT2D eigenvalue weighted by molar-refractivity contribution is -0.918. The summed E-state index contributed by atoms with van der Waals surface area (Å²) in [6, 6.07) is 20.0. The number of rotatable bonds is 0. The van der Waals surface area contributed by atoms with Gasteiger partial charge in [0.2, 0.25) is 0 Å². The molecule has 12 N–H and O–H groups in total. The first-order valence-electron chi connectivity index (χ1n) is 36.1. The minimum absolute atomic E-state index is 0. The maximum absolute atomic E-state index is 12.6. The molecule has 0 radical (unpaired) electrons. The molecular formula is C78H72Cl3F24I12N9O3. The summed E-state index contributed by atoms with van der Waals surface area (Å²) in [5.41, 5.74) is 31.2. The Kier molecular flexibility index (Phi) is 60.7. The average Bonchev–Trinajstić information content (AvgIpc) is 0.834. The molecule has 0 amide bonds. The second-order valence-corrected chi connectivity index (χ2v) is 39.3. The van der Waals surface area contributed by atoms with Crippen LogP contribution in [0.15, 0.2) is 54.6 Å². The Bertz CT molecular complexity index is 3820. The molecule has 7 aliphatic heterocycles. The number of nitrogen functional groups attached to an aromatic ring is 3. The third-order valence-corrected chi connectivity index (χ3v) is 29.4. The minimum Gasteiger partial charge on any atom is -1.00 e. The number of nitrogens with zero attached hydrogens (tertiary/aromatic N) is 3. The summed E-state index contributed by atoms with van der Waals surface area (Å²) < 4.78 is 295.